The highest BCUT2D eigenvalue weighted by atomic mass is 16.6. The van der Waals surface area contributed by atoms with Crippen LogP contribution in [0.4, 0.5) is 4.79 Å². The van der Waals surface area contributed by atoms with E-state index in [0.717, 1.165) is 5.56 Å². The summed E-state index contributed by atoms with van der Waals surface area (Å²) in [5, 5.41) is 4.22. The Bertz CT molecular complexity index is 608. The van der Waals surface area contributed by atoms with Crippen LogP contribution >= 0.6 is 0 Å². The monoisotopic (exact) mass is 350 g/mol. The number of amides is 2. The zero-order chi connectivity index (χ0) is 18.8. The largest absolute Gasteiger partial charge is 0.444 e. The molecule has 7 heteroatoms. The minimum Gasteiger partial charge on any atom is -0.444 e. The molecule has 0 aliphatic carbocycles. The van der Waals surface area contributed by atoms with Crippen molar-refractivity contribution in [2.24, 2.45) is 0 Å². The lowest BCUT2D eigenvalue weighted by molar-refractivity contribution is -0.139. The second kappa shape index (κ2) is 7.45. The van der Waals surface area contributed by atoms with Gasteiger partial charge in [0.15, 0.2) is 0 Å². The van der Waals surface area contributed by atoms with Crippen molar-refractivity contribution < 1.29 is 14.3 Å². The summed E-state index contributed by atoms with van der Waals surface area (Å²) in [5.41, 5.74) is 0.568. The van der Waals surface area contributed by atoms with Gasteiger partial charge in [-0.15, -0.1) is 0 Å². The number of aromatic nitrogens is 2. The van der Waals surface area contributed by atoms with Gasteiger partial charge in [0.05, 0.1) is 6.20 Å². The standard InChI is InChI=1S/C18H30N4O3/c1-13-9-19-21(10-13)8-7-16(23)22-14(2)11-20(12-15(22)3)17(24)25-18(4,5)6/h9-10,14-15H,7-8,11-12H2,1-6H3/t14-,15-/m1/s1. The third kappa shape index (κ3) is 5.21. The van der Waals surface area contributed by atoms with Crippen molar-refractivity contribution >= 4 is 12.0 Å². The number of carbonyl (C=O) groups is 2. The van der Waals surface area contributed by atoms with Gasteiger partial charge in [-0.05, 0) is 47.1 Å². The number of rotatable bonds is 3. The van der Waals surface area contributed by atoms with Gasteiger partial charge in [0.25, 0.3) is 0 Å². The normalized spacial score (nSPS) is 21.4. The van der Waals surface area contributed by atoms with Gasteiger partial charge in [-0.3, -0.25) is 9.48 Å². The smallest absolute Gasteiger partial charge is 0.410 e. The molecule has 0 N–H and O–H groups in total. The average molecular weight is 350 g/mol. The molecule has 0 saturated carbocycles. The second-order valence-corrected chi connectivity index (χ2v) is 7.92. The molecular formula is C18H30N4O3. The maximum Gasteiger partial charge on any atom is 0.410 e. The maximum absolute atomic E-state index is 12.7. The predicted molar refractivity (Wildman–Crippen MR) is 95.2 cm³/mol. The lowest BCUT2D eigenvalue weighted by Gasteiger charge is -2.44. The van der Waals surface area contributed by atoms with Gasteiger partial charge < -0.3 is 14.5 Å². The minimum atomic E-state index is -0.515. The Kier molecular flexibility index (Phi) is 5.75. The maximum atomic E-state index is 12.7. The summed E-state index contributed by atoms with van der Waals surface area (Å²) in [6, 6.07) is -0.0775. The average Bonchev–Trinajstić information content (AvgIpc) is 2.88. The summed E-state index contributed by atoms with van der Waals surface area (Å²) in [6.07, 6.45) is 3.81. The summed E-state index contributed by atoms with van der Waals surface area (Å²) in [4.78, 5) is 28.5. The molecule has 0 radical (unpaired) electrons. The van der Waals surface area contributed by atoms with E-state index in [9.17, 15) is 9.59 Å². The molecule has 1 aliphatic heterocycles. The van der Waals surface area contributed by atoms with E-state index in [1.54, 1.807) is 15.8 Å². The number of hydrogen-bond donors (Lipinski definition) is 0. The summed E-state index contributed by atoms with van der Waals surface area (Å²) in [7, 11) is 0. The molecule has 0 unspecified atom stereocenters. The topological polar surface area (TPSA) is 67.7 Å². The van der Waals surface area contributed by atoms with Crippen molar-refractivity contribution in [2.75, 3.05) is 13.1 Å². The van der Waals surface area contributed by atoms with Crippen LogP contribution in [0.1, 0.15) is 46.6 Å². The number of carbonyl (C=O) groups excluding carboxylic acids is 2. The zero-order valence-electron chi connectivity index (χ0n) is 16.2. The minimum absolute atomic E-state index is 0.0388. The van der Waals surface area contributed by atoms with Crippen molar-refractivity contribution in [1.82, 2.24) is 19.6 Å². The van der Waals surface area contributed by atoms with Gasteiger partial charge in [0, 0.05) is 44.3 Å². The third-order valence-corrected chi connectivity index (χ3v) is 4.18. The van der Waals surface area contributed by atoms with Crippen molar-refractivity contribution in [3.05, 3.63) is 18.0 Å². The molecule has 2 atom stereocenters. The van der Waals surface area contributed by atoms with Crippen LogP contribution < -0.4 is 0 Å². The van der Waals surface area contributed by atoms with Crippen LogP contribution in [0.5, 0.6) is 0 Å². The van der Waals surface area contributed by atoms with E-state index in [4.69, 9.17) is 4.74 Å². The highest BCUT2D eigenvalue weighted by Crippen LogP contribution is 2.20. The molecule has 1 saturated heterocycles. The Balaban J connectivity index is 1.92. The van der Waals surface area contributed by atoms with Crippen molar-refractivity contribution in [3.8, 4) is 0 Å². The van der Waals surface area contributed by atoms with E-state index >= 15 is 0 Å². The molecule has 2 amide bonds. The van der Waals surface area contributed by atoms with E-state index in [1.807, 2.05) is 52.6 Å². The van der Waals surface area contributed by atoms with Crippen LogP contribution in [0.15, 0.2) is 12.4 Å². The number of aryl methyl sites for hydroxylation is 2. The highest BCUT2D eigenvalue weighted by molar-refractivity contribution is 5.77. The lowest BCUT2D eigenvalue weighted by Crippen LogP contribution is -2.60. The first-order valence-electron chi connectivity index (χ1n) is 8.85. The van der Waals surface area contributed by atoms with Crippen molar-refractivity contribution in [2.45, 2.75) is 72.2 Å². The molecule has 2 heterocycles. The fourth-order valence-corrected chi connectivity index (χ4v) is 3.22. The molecular weight excluding hydrogens is 320 g/mol. The van der Waals surface area contributed by atoms with Crippen LogP contribution in [0.3, 0.4) is 0 Å². The Morgan fingerprint density at radius 1 is 1.24 bits per heavy atom. The molecule has 0 spiro atoms. The van der Waals surface area contributed by atoms with E-state index in [0.29, 0.717) is 26.1 Å². The fraction of sp³-hybridized carbons (Fsp3) is 0.722. The van der Waals surface area contributed by atoms with Crippen molar-refractivity contribution in [1.29, 1.82) is 0 Å². The molecule has 25 heavy (non-hydrogen) atoms. The highest BCUT2D eigenvalue weighted by Gasteiger charge is 2.36. The quantitative estimate of drug-likeness (QED) is 0.840. The number of ether oxygens (including phenoxy) is 1. The molecule has 0 aromatic carbocycles. The first-order valence-corrected chi connectivity index (χ1v) is 8.85. The fourth-order valence-electron chi connectivity index (χ4n) is 3.22. The predicted octanol–water partition coefficient (Wildman–Crippen LogP) is 2.44. The first kappa shape index (κ1) is 19.3. The molecule has 1 aromatic heterocycles. The van der Waals surface area contributed by atoms with E-state index in [-0.39, 0.29) is 24.1 Å². The molecule has 1 aliphatic rings. The van der Waals surface area contributed by atoms with Gasteiger partial charge >= 0.3 is 6.09 Å². The first-order chi connectivity index (χ1) is 11.6. The van der Waals surface area contributed by atoms with Crippen LogP contribution in [-0.2, 0) is 16.1 Å². The van der Waals surface area contributed by atoms with Gasteiger partial charge in [-0.25, -0.2) is 4.79 Å². The van der Waals surface area contributed by atoms with Crippen LogP contribution in [-0.4, -0.2) is 62.4 Å². The summed E-state index contributed by atoms with van der Waals surface area (Å²) >= 11 is 0. The molecule has 0 bridgehead atoms. The number of hydrogen-bond acceptors (Lipinski definition) is 4. The zero-order valence-corrected chi connectivity index (χ0v) is 16.2. The van der Waals surface area contributed by atoms with Crippen LogP contribution in [0, 0.1) is 6.92 Å². The van der Waals surface area contributed by atoms with Crippen LogP contribution in [0.25, 0.3) is 0 Å². The Morgan fingerprint density at radius 2 is 1.84 bits per heavy atom. The molecule has 1 fully saturated rings. The molecule has 2 rings (SSSR count). The van der Waals surface area contributed by atoms with Gasteiger partial charge in [-0.1, -0.05) is 0 Å². The van der Waals surface area contributed by atoms with E-state index < -0.39 is 5.60 Å². The molecule has 140 valence electrons. The molecule has 7 nitrogen and oxygen atoms in total. The SMILES string of the molecule is Cc1cnn(CCC(=O)N2[C@H](C)CN(C(=O)OC(C)(C)C)C[C@H]2C)c1. The second-order valence-electron chi connectivity index (χ2n) is 7.92. The van der Waals surface area contributed by atoms with Gasteiger partial charge in [-0.2, -0.15) is 5.10 Å². The van der Waals surface area contributed by atoms with Crippen LogP contribution in [0.2, 0.25) is 0 Å². The molecule has 1 aromatic rings. The summed E-state index contributed by atoms with van der Waals surface area (Å²) in [5.74, 6) is 0.0944. The van der Waals surface area contributed by atoms with Gasteiger partial charge in [0.2, 0.25) is 5.91 Å². The lowest BCUT2D eigenvalue weighted by atomic mass is 10.1. The summed E-state index contributed by atoms with van der Waals surface area (Å²) in [6.45, 7) is 13.0. The third-order valence-electron chi connectivity index (χ3n) is 4.18. The van der Waals surface area contributed by atoms with Crippen molar-refractivity contribution in [3.63, 3.8) is 0 Å². The Hall–Kier alpha value is -2.05. The summed E-state index contributed by atoms with van der Waals surface area (Å²) < 4.78 is 7.24. The number of nitrogens with zero attached hydrogens (tertiary/aromatic N) is 4. The Labute approximate surface area is 149 Å². The number of piperazine rings is 1. The Morgan fingerprint density at radius 3 is 2.32 bits per heavy atom. The van der Waals surface area contributed by atoms with E-state index in [2.05, 4.69) is 5.10 Å². The van der Waals surface area contributed by atoms with Gasteiger partial charge in [0.1, 0.15) is 5.60 Å². The van der Waals surface area contributed by atoms with E-state index in [1.165, 1.54) is 0 Å².